The number of halogens is 1. The third-order valence-electron chi connectivity index (χ3n) is 4.13. The summed E-state index contributed by atoms with van der Waals surface area (Å²) in [6.07, 6.45) is 3.48. The van der Waals surface area contributed by atoms with Gasteiger partial charge in [-0.2, -0.15) is 0 Å². The highest BCUT2D eigenvalue weighted by molar-refractivity contribution is 6.30. The number of ether oxygens (including phenoxy) is 1. The molecule has 1 aromatic rings. The third-order valence-corrected chi connectivity index (χ3v) is 4.37. The highest BCUT2D eigenvalue weighted by atomic mass is 35.5. The molecule has 0 saturated heterocycles. The molecule has 2 atom stereocenters. The van der Waals surface area contributed by atoms with Crippen molar-refractivity contribution >= 4 is 11.6 Å². The van der Waals surface area contributed by atoms with Crippen molar-refractivity contribution in [1.29, 1.82) is 0 Å². The van der Waals surface area contributed by atoms with Gasteiger partial charge in [0.05, 0.1) is 12.7 Å². The molecule has 2 fully saturated rings. The van der Waals surface area contributed by atoms with Crippen LogP contribution in [0.3, 0.4) is 0 Å². The summed E-state index contributed by atoms with van der Waals surface area (Å²) in [5.41, 5.74) is 0.200. The van der Waals surface area contributed by atoms with Gasteiger partial charge in [0.2, 0.25) is 0 Å². The number of fused-ring (bicyclic) bond motifs is 1. The van der Waals surface area contributed by atoms with Crippen LogP contribution in [0.25, 0.3) is 0 Å². The van der Waals surface area contributed by atoms with Crippen LogP contribution < -0.4 is 4.74 Å². The SMILES string of the molecule is COc1ccc(Cl)cc1C1(O)C2CCCC21. The number of methoxy groups -OCH3 is 1. The second-order valence-corrected chi connectivity index (χ2v) is 5.25. The van der Waals surface area contributed by atoms with E-state index in [4.69, 9.17) is 16.3 Å². The van der Waals surface area contributed by atoms with Gasteiger partial charge in [-0.25, -0.2) is 0 Å². The van der Waals surface area contributed by atoms with Crippen LogP contribution in [0.15, 0.2) is 18.2 Å². The molecule has 2 saturated carbocycles. The maximum absolute atomic E-state index is 10.7. The van der Waals surface area contributed by atoms with Crippen molar-refractivity contribution in [1.82, 2.24) is 0 Å². The minimum atomic E-state index is -0.672. The van der Waals surface area contributed by atoms with E-state index in [9.17, 15) is 5.11 Å². The Hall–Kier alpha value is -0.730. The topological polar surface area (TPSA) is 29.5 Å². The molecule has 0 amide bonds. The first-order valence-corrected chi connectivity index (χ1v) is 6.12. The lowest BCUT2D eigenvalue weighted by atomic mass is 9.98. The molecule has 1 N–H and O–H groups in total. The van der Waals surface area contributed by atoms with Crippen LogP contribution in [0, 0.1) is 11.8 Å². The molecule has 0 aromatic heterocycles. The molecule has 0 heterocycles. The van der Waals surface area contributed by atoms with Crippen molar-refractivity contribution in [2.75, 3.05) is 7.11 Å². The first kappa shape index (κ1) is 10.4. The summed E-state index contributed by atoms with van der Waals surface area (Å²) in [6, 6.07) is 5.48. The van der Waals surface area contributed by atoms with Gasteiger partial charge in [-0.05, 0) is 42.9 Å². The summed E-state index contributed by atoms with van der Waals surface area (Å²) in [6.45, 7) is 0. The number of hydrogen-bond donors (Lipinski definition) is 1. The van der Waals surface area contributed by atoms with Gasteiger partial charge < -0.3 is 9.84 Å². The predicted molar refractivity (Wildman–Crippen MR) is 62.7 cm³/mol. The Bertz CT molecular complexity index is 420. The Kier molecular flexibility index (Phi) is 2.20. The van der Waals surface area contributed by atoms with Gasteiger partial charge in [-0.15, -0.1) is 0 Å². The number of hydrogen-bond acceptors (Lipinski definition) is 2. The summed E-state index contributed by atoms with van der Waals surface area (Å²) in [5, 5.41) is 11.3. The Labute approximate surface area is 100 Å². The second kappa shape index (κ2) is 3.38. The highest BCUT2D eigenvalue weighted by Crippen LogP contribution is 2.67. The first-order chi connectivity index (χ1) is 7.67. The van der Waals surface area contributed by atoms with Crippen LogP contribution in [-0.4, -0.2) is 12.2 Å². The quantitative estimate of drug-likeness (QED) is 0.859. The Balaban J connectivity index is 2.03. The summed E-state index contributed by atoms with van der Waals surface area (Å²) < 4.78 is 5.31. The van der Waals surface area contributed by atoms with Gasteiger partial charge in [0.25, 0.3) is 0 Å². The average Bonchev–Trinajstić information content (AvgIpc) is 2.69. The fraction of sp³-hybridized carbons (Fsp3) is 0.538. The van der Waals surface area contributed by atoms with Crippen molar-refractivity contribution in [2.24, 2.45) is 11.8 Å². The van der Waals surface area contributed by atoms with Gasteiger partial charge in [-0.3, -0.25) is 0 Å². The minimum absolute atomic E-state index is 0.417. The van der Waals surface area contributed by atoms with Crippen LogP contribution >= 0.6 is 11.6 Å². The molecule has 0 aliphatic heterocycles. The van der Waals surface area contributed by atoms with Crippen molar-refractivity contribution in [2.45, 2.75) is 24.9 Å². The smallest absolute Gasteiger partial charge is 0.125 e. The van der Waals surface area contributed by atoms with Crippen LogP contribution in [-0.2, 0) is 5.60 Å². The molecule has 16 heavy (non-hydrogen) atoms. The molecule has 0 bridgehead atoms. The molecule has 0 spiro atoms. The normalized spacial score (nSPS) is 35.9. The van der Waals surface area contributed by atoms with Crippen molar-refractivity contribution in [3.05, 3.63) is 28.8 Å². The number of rotatable bonds is 2. The van der Waals surface area contributed by atoms with Crippen molar-refractivity contribution in [3.63, 3.8) is 0 Å². The zero-order valence-corrected chi connectivity index (χ0v) is 10.00. The van der Waals surface area contributed by atoms with E-state index in [0.717, 1.165) is 24.2 Å². The molecule has 2 unspecified atom stereocenters. The average molecular weight is 239 g/mol. The maximum atomic E-state index is 10.7. The zero-order valence-electron chi connectivity index (χ0n) is 9.24. The second-order valence-electron chi connectivity index (χ2n) is 4.81. The molecule has 3 rings (SSSR count). The lowest BCUT2D eigenvalue weighted by Gasteiger charge is -2.18. The molecule has 86 valence electrons. The molecular formula is C13H15ClO2. The molecule has 0 radical (unpaired) electrons. The predicted octanol–water partition coefficient (Wildman–Crippen LogP) is 2.97. The maximum Gasteiger partial charge on any atom is 0.125 e. The largest absolute Gasteiger partial charge is 0.496 e. The van der Waals surface area contributed by atoms with Crippen LogP contribution in [0.1, 0.15) is 24.8 Å². The van der Waals surface area contributed by atoms with E-state index >= 15 is 0 Å². The van der Waals surface area contributed by atoms with Crippen LogP contribution in [0.5, 0.6) is 5.75 Å². The molecular weight excluding hydrogens is 224 g/mol. The molecule has 3 heteroatoms. The lowest BCUT2D eigenvalue weighted by Crippen LogP contribution is -2.14. The van der Waals surface area contributed by atoms with Crippen molar-refractivity contribution in [3.8, 4) is 5.75 Å². The van der Waals surface area contributed by atoms with E-state index in [1.807, 2.05) is 12.1 Å². The Morgan fingerprint density at radius 2 is 2.06 bits per heavy atom. The van der Waals surface area contributed by atoms with E-state index in [2.05, 4.69) is 0 Å². The summed E-state index contributed by atoms with van der Waals surface area (Å²) in [5.74, 6) is 1.58. The Morgan fingerprint density at radius 1 is 1.38 bits per heavy atom. The fourth-order valence-electron chi connectivity index (χ4n) is 3.31. The van der Waals surface area contributed by atoms with E-state index in [0.29, 0.717) is 16.9 Å². The zero-order chi connectivity index (χ0) is 11.3. The Morgan fingerprint density at radius 3 is 2.69 bits per heavy atom. The van der Waals surface area contributed by atoms with E-state index in [-0.39, 0.29) is 0 Å². The summed E-state index contributed by atoms with van der Waals surface area (Å²) >= 11 is 6.00. The van der Waals surface area contributed by atoms with Crippen LogP contribution in [0.2, 0.25) is 5.02 Å². The van der Waals surface area contributed by atoms with Crippen LogP contribution in [0.4, 0.5) is 0 Å². The van der Waals surface area contributed by atoms with E-state index in [1.54, 1.807) is 13.2 Å². The third kappa shape index (κ3) is 1.23. The highest BCUT2D eigenvalue weighted by Gasteiger charge is 2.67. The number of aliphatic hydroxyl groups is 1. The van der Waals surface area contributed by atoms with Gasteiger partial charge in [0.15, 0.2) is 0 Å². The molecule has 2 nitrogen and oxygen atoms in total. The molecule has 2 aliphatic carbocycles. The van der Waals surface area contributed by atoms with E-state index < -0.39 is 5.60 Å². The van der Waals surface area contributed by atoms with Gasteiger partial charge in [0.1, 0.15) is 5.75 Å². The lowest BCUT2D eigenvalue weighted by molar-refractivity contribution is 0.102. The fourth-order valence-corrected chi connectivity index (χ4v) is 3.49. The number of benzene rings is 1. The van der Waals surface area contributed by atoms with Gasteiger partial charge in [-0.1, -0.05) is 18.0 Å². The molecule has 2 aliphatic rings. The monoisotopic (exact) mass is 238 g/mol. The van der Waals surface area contributed by atoms with Gasteiger partial charge >= 0.3 is 0 Å². The summed E-state index contributed by atoms with van der Waals surface area (Å²) in [4.78, 5) is 0. The summed E-state index contributed by atoms with van der Waals surface area (Å²) in [7, 11) is 1.63. The van der Waals surface area contributed by atoms with E-state index in [1.165, 1.54) is 6.42 Å². The molecule has 1 aromatic carbocycles. The van der Waals surface area contributed by atoms with Gasteiger partial charge in [0, 0.05) is 10.6 Å². The van der Waals surface area contributed by atoms with Crippen molar-refractivity contribution < 1.29 is 9.84 Å². The minimum Gasteiger partial charge on any atom is -0.496 e. The first-order valence-electron chi connectivity index (χ1n) is 5.74. The standard InChI is InChI=1S/C13H15ClO2/c1-16-12-6-5-8(14)7-11(12)13(15)9-3-2-4-10(9)13/h5-7,9-10,15H,2-4H2,1H3.